The van der Waals surface area contributed by atoms with Gasteiger partial charge in [-0.05, 0) is 50.0 Å². The highest BCUT2D eigenvalue weighted by Crippen LogP contribution is 2.36. The number of hydrogen-bond donors (Lipinski definition) is 0. The molecule has 2 fully saturated rings. The van der Waals surface area contributed by atoms with Crippen molar-refractivity contribution in [3.63, 3.8) is 0 Å². The highest BCUT2D eigenvalue weighted by atomic mass is 32.2. The second kappa shape index (κ2) is 9.11. The molecule has 2 aliphatic heterocycles. The van der Waals surface area contributed by atoms with E-state index < -0.39 is 0 Å². The Labute approximate surface area is 190 Å². The van der Waals surface area contributed by atoms with E-state index in [1.54, 1.807) is 28.0 Å². The Bertz CT molecular complexity index is 1030. The summed E-state index contributed by atoms with van der Waals surface area (Å²) in [6.45, 7) is 5.45. The molecule has 0 N–H and O–H groups in total. The van der Waals surface area contributed by atoms with E-state index in [0.717, 1.165) is 66.3 Å². The van der Waals surface area contributed by atoms with Gasteiger partial charge < -0.3 is 14.4 Å². The van der Waals surface area contributed by atoms with Crippen molar-refractivity contribution in [3.05, 3.63) is 20.8 Å². The molecule has 2 saturated heterocycles. The molecule has 3 aliphatic rings. The third-order valence-electron chi connectivity index (χ3n) is 6.44. The predicted molar refractivity (Wildman–Crippen MR) is 122 cm³/mol. The van der Waals surface area contributed by atoms with Crippen LogP contribution < -0.4 is 5.56 Å². The Morgan fingerprint density at radius 1 is 1.26 bits per heavy atom. The van der Waals surface area contributed by atoms with Crippen LogP contribution in [0.4, 0.5) is 4.79 Å². The predicted octanol–water partition coefficient (Wildman–Crippen LogP) is 3.70. The molecule has 0 radical (unpaired) electrons. The normalized spacial score (nSPS) is 23.5. The van der Waals surface area contributed by atoms with E-state index >= 15 is 0 Å². The van der Waals surface area contributed by atoms with Crippen LogP contribution in [0.5, 0.6) is 0 Å². The molecule has 2 unspecified atom stereocenters. The first-order chi connectivity index (χ1) is 15.1. The van der Waals surface area contributed by atoms with Gasteiger partial charge in [-0.25, -0.2) is 9.78 Å². The second-order valence-corrected chi connectivity index (χ2v) is 10.9. The van der Waals surface area contributed by atoms with Crippen LogP contribution in [0.25, 0.3) is 10.2 Å². The molecule has 0 spiro atoms. The molecule has 2 atom stereocenters. The molecular weight excluding hydrogens is 434 g/mol. The molecular formula is C22H29N3O4S2. The van der Waals surface area contributed by atoms with E-state index in [0.29, 0.717) is 32.2 Å². The highest BCUT2D eigenvalue weighted by molar-refractivity contribution is 7.99. The van der Waals surface area contributed by atoms with Gasteiger partial charge in [0.1, 0.15) is 11.4 Å². The van der Waals surface area contributed by atoms with E-state index in [-0.39, 0.29) is 17.8 Å². The molecule has 7 nitrogen and oxygen atoms in total. The van der Waals surface area contributed by atoms with Crippen LogP contribution in [0.15, 0.2) is 9.95 Å². The third-order valence-corrected chi connectivity index (χ3v) is 8.65. The van der Waals surface area contributed by atoms with Gasteiger partial charge in [-0.2, -0.15) is 0 Å². The molecule has 4 heterocycles. The van der Waals surface area contributed by atoms with Crippen molar-refractivity contribution in [3.8, 4) is 0 Å². The number of thiophene rings is 1. The molecule has 0 bridgehead atoms. The number of nitrogens with zero attached hydrogens (tertiary/aromatic N) is 3. The standard InChI is InChI=1S/C22H29N3O4S2/c1-14-5-6-16-17(12-14)31-19-18(16)20(26)25(13-15-4-2-9-28-15)21(23-19)30-11-3-7-24-8-10-29-22(24)27/h14-15H,2-13H2,1H3. The average molecular weight is 464 g/mol. The summed E-state index contributed by atoms with van der Waals surface area (Å²) in [5.74, 6) is 1.47. The van der Waals surface area contributed by atoms with Crippen LogP contribution in [0.2, 0.25) is 0 Å². The van der Waals surface area contributed by atoms with Crippen LogP contribution in [0.3, 0.4) is 0 Å². The van der Waals surface area contributed by atoms with Gasteiger partial charge in [0.2, 0.25) is 0 Å². The van der Waals surface area contributed by atoms with Crippen molar-refractivity contribution in [2.75, 3.05) is 32.1 Å². The lowest BCUT2D eigenvalue weighted by atomic mass is 9.89. The average Bonchev–Trinajstić information content (AvgIpc) is 3.48. The monoisotopic (exact) mass is 463 g/mol. The van der Waals surface area contributed by atoms with Gasteiger partial charge in [-0.3, -0.25) is 9.36 Å². The topological polar surface area (TPSA) is 73.7 Å². The minimum absolute atomic E-state index is 0.0881. The molecule has 31 heavy (non-hydrogen) atoms. The summed E-state index contributed by atoms with van der Waals surface area (Å²) in [6, 6.07) is 0. The number of rotatable bonds is 7. The summed E-state index contributed by atoms with van der Waals surface area (Å²) in [7, 11) is 0. The van der Waals surface area contributed by atoms with Gasteiger partial charge in [-0.15, -0.1) is 11.3 Å². The molecule has 5 rings (SSSR count). The first-order valence-corrected chi connectivity index (χ1v) is 13.1. The van der Waals surface area contributed by atoms with E-state index in [9.17, 15) is 9.59 Å². The lowest BCUT2D eigenvalue weighted by molar-refractivity contribution is 0.0937. The fourth-order valence-electron chi connectivity index (χ4n) is 4.72. The van der Waals surface area contributed by atoms with Crippen molar-refractivity contribution < 1.29 is 14.3 Å². The molecule has 9 heteroatoms. The zero-order valence-electron chi connectivity index (χ0n) is 17.9. The number of thioether (sulfide) groups is 1. The number of carbonyl (C=O) groups excluding carboxylic acids is 1. The van der Waals surface area contributed by atoms with Gasteiger partial charge >= 0.3 is 6.09 Å². The minimum Gasteiger partial charge on any atom is -0.448 e. The summed E-state index contributed by atoms with van der Waals surface area (Å²) >= 11 is 3.32. The number of ether oxygens (including phenoxy) is 2. The molecule has 2 aromatic heterocycles. The quantitative estimate of drug-likeness (QED) is 0.354. The summed E-state index contributed by atoms with van der Waals surface area (Å²) in [5.41, 5.74) is 1.33. The van der Waals surface area contributed by atoms with E-state index in [2.05, 4.69) is 6.92 Å². The highest BCUT2D eigenvalue weighted by Gasteiger charge is 2.27. The lowest BCUT2D eigenvalue weighted by Gasteiger charge is -2.18. The van der Waals surface area contributed by atoms with Crippen LogP contribution >= 0.6 is 23.1 Å². The summed E-state index contributed by atoms with van der Waals surface area (Å²) in [6.07, 6.45) is 5.91. The largest absolute Gasteiger partial charge is 0.448 e. The number of fused-ring (bicyclic) bond motifs is 3. The first kappa shape index (κ1) is 21.3. The lowest BCUT2D eigenvalue weighted by Crippen LogP contribution is -2.29. The van der Waals surface area contributed by atoms with Gasteiger partial charge in [0, 0.05) is 23.8 Å². The number of carbonyl (C=O) groups is 1. The van der Waals surface area contributed by atoms with Crippen molar-refractivity contribution in [1.82, 2.24) is 14.5 Å². The van der Waals surface area contributed by atoms with Gasteiger partial charge in [0.15, 0.2) is 5.16 Å². The number of hydrogen-bond acceptors (Lipinski definition) is 7. The van der Waals surface area contributed by atoms with Crippen LogP contribution in [0, 0.1) is 5.92 Å². The summed E-state index contributed by atoms with van der Waals surface area (Å²) < 4.78 is 12.7. The van der Waals surface area contributed by atoms with Crippen LogP contribution in [-0.4, -0.2) is 58.7 Å². The van der Waals surface area contributed by atoms with E-state index in [1.807, 2.05) is 4.57 Å². The van der Waals surface area contributed by atoms with Crippen molar-refractivity contribution in [1.29, 1.82) is 0 Å². The van der Waals surface area contributed by atoms with E-state index in [1.165, 1.54) is 10.4 Å². The minimum atomic E-state index is -0.224. The van der Waals surface area contributed by atoms with Crippen molar-refractivity contribution in [2.45, 2.75) is 63.3 Å². The maximum Gasteiger partial charge on any atom is 0.409 e. The SMILES string of the molecule is CC1CCc2c(sc3nc(SCCCN4CCOC4=O)n(CC4CCCO4)c(=O)c23)C1. The van der Waals surface area contributed by atoms with Gasteiger partial charge in [-0.1, -0.05) is 18.7 Å². The van der Waals surface area contributed by atoms with Crippen molar-refractivity contribution in [2.24, 2.45) is 5.92 Å². The molecule has 1 aliphatic carbocycles. The van der Waals surface area contributed by atoms with Crippen LogP contribution in [0.1, 0.15) is 43.0 Å². The van der Waals surface area contributed by atoms with Crippen LogP contribution in [-0.2, 0) is 28.9 Å². The number of cyclic esters (lactones) is 1. The Hall–Kier alpha value is -1.58. The summed E-state index contributed by atoms with van der Waals surface area (Å²) in [4.78, 5) is 34.2. The first-order valence-electron chi connectivity index (χ1n) is 11.3. The Kier molecular flexibility index (Phi) is 6.25. The number of aromatic nitrogens is 2. The molecule has 2 aromatic rings. The fraction of sp³-hybridized carbons (Fsp3) is 0.682. The molecule has 1 amide bonds. The van der Waals surface area contributed by atoms with Crippen molar-refractivity contribution >= 4 is 39.4 Å². The zero-order chi connectivity index (χ0) is 21.4. The molecule has 168 valence electrons. The molecule has 0 aromatic carbocycles. The third kappa shape index (κ3) is 4.36. The Morgan fingerprint density at radius 3 is 2.94 bits per heavy atom. The number of aryl methyl sites for hydroxylation is 1. The smallest absolute Gasteiger partial charge is 0.409 e. The maximum atomic E-state index is 13.6. The Balaban J connectivity index is 1.40. The fourth-order valence-corrected chi connectivity index (χ4v) is 7.07. The van der Waals surface area contributed by atoms with Gasteiger partial charge in [0.05, 0.1) is 24.6 Å². The number of amides is 1. The second-order valence-electron chi connectivity index (χ2n) is 8.78. The van der Waals surface area contributed by atoms with E-state index in [4.69, 9.17) is 14.5 Å². The zero-order valence-corrected chi connectivity index (χ0v) is 19.6. The van der Waals surface area contributed by atoms with Gasteiger partial charge in [0.25, 0.3) is 5.56 Å². The maximum absolute atomic E-state index is 13.6. The summed E-state index contributed by atoms with van der Waals surface area (Å²) in [5, 5.41) is 1.62. The Morgan fingerprint density at radius 2 is 2.16 bits per heavy atom. The molecule has 0 saturated carbocycles.